The summed E-state index contributed by atoms with van der Waals surface area (Å²) in [6.07, 6.45) is 10.8. The molecule has 21 heavy (non-hydrogen) atoms. The van der Waals surface area contributed by atoms with Crippen molar-refractivity contribution in [3.63, 3.8) is 0 Å². The highest BCUT2D eigenvalue weighted by Gasteiger charge is 2.34. The summed E-state index contributed by atoms with van der Waals surface area (Å²) < 4.78 is 0. The number of aryl methyl sites for hydroxylation is 1. The Morgan fingerprint density at radius 2 is 2.05 bits per heavy atom. The molecule has 1 N–H and O–H groups in total. The first-order chi connectivity index (χ1) is 10.3. The SMILES string of the molecule is CCCc1nc(N2CCC[C@H]3CCCC[C@H]32)sc1CNC. The fourth-order valence-corrected chi connectivity index (χ4v) is 5.29. The first-order valence-corrected chi connectivity index (χ1v) is 9.55. The number of anilines is 1. The number of fused-ring (bicyclic) bond motifs is 1. The Bertz CT molecular complexity index is 431. The maximum absolute atomic E-state index is 5.04. The topological polar surface area (TPSA) is 28.2 Å². The predicted octanol–water partition coefficient (Wildman–Crippen LogP) is 3.97. The number of thiazole rings is 1. The largest absolute Gasteiger partial charge is 0.345 e. The molecule has 1 saturated heterocycles. The van der Waals surface area contributed by atoms with Gasteiger partial charge in [-0.05, 0) is 45.1 Å². The van der Waals surface area contributed by atoms with Gasteiger partial charge in [-0.15, -0.1) is 11.3 Å². The molecule has 2 atom stereocenters. The van der Waals surface area contributed by atoms with Crippen molar-refractivity contribution < 1.29 is 0 Å². The molecule has 4 heteroatoms. The van der Waals surface area contributed by atoms with Crippen LogP contribution in [0, 0.1) is 5.92 Å². The smallest absolute Gasteiger partial charge is 0.186 e. The number of piperidine rings is 1. The van der Waals surface area contributed by atoms with Crippen molar-refractivity contribution in [3.8, 4) is 0 Å². The minimum absolute atomic E-state index is 0.774. The molecule has 1 saturated carbocycles. The van der Waals surface area contributed by atoms with Crippen LogP contribution in [0.2, 0.25) is 0 Å². The van der Waals surface area contributed by atoms with Crippen LogP contribution in [0.3, 0.4) is 0 Å². The Morgan fingerprint density at radius 3 is 2.86 bits per heavy atom. The molecule has 0 spiro atoms. The average Bonchev–Trinajstić information content (AvgIpc) is 2.90. The molecular formula is C17H29N3S. The number of aromatic nitrogens is 1. The lowest BCUT2D eigenvalue weighted by molar-refractivity contribution is 0.243. The Balaban J connectivity index is 1.82. The standard InChI is InChI=1S/C17H29N3S/c1-3-7-14-16(12-18-2)21-17(19-14)20-11-6-9-13-8-4-5-10-15(13)20/h13,15,18H,3-12H2,1-2H3/t13-,15-/m1/s1. The number of hydrogen-bond acceptors (Lipinski definition) is 4. The Labute approximate surface area is 133 Å². The normalized spacial score (nSPS) is 25.9. The highest BCUT2D eigenvalue weighted by Crippen LogP contribution is 2.39. The van der Waals surface area contributed by atoms with Gasteiger partial charge in [0.2, 0.25) is 0 Å². The average molecular weight is 308 g/mol. The zero-order valence-electron chi connectivity index (χ0n) is 13.5. The molecule has 3 rings (SSSR count). The molecule has 3 nitrogen and oxygen atoms in total. The van der Waals surface area contributed by atoms with Gasteiger partial charge >= 0.3 is 0 Å². The monoisotopic (exact) mass is 307 g/mol. The first-order valence-electron chi connectivity index (χ1n) is 8.73. The van der Waals surface area contributed by atoms with Crippen molar-refractivity contribution in [2.24, 2.45) is 5.92 Å². The summed E-state index contributed by atoms with van der Waals surface area (Å²) >= 11 is 1.94. The third-order valence-electron chi connectivity index (χ3n) is 5.08. The van der Waals surface area contributed by atoms with Gasteiger partial charge in [0, 0.05) is 24.0 Å². The van der Waals surface area contributed by atoms with Crippen LogP contribution in [-0.4, -0.2) is 24.6 Å². The molecule has 0 bridgehead atoms. The van der Waals surface area contributed by atoms with Crippen molar-refractivity contribution in [2.75, 3.05) is 18.5 Å². The van der Waals surface area contributed by atoms with Gasteiger partial charge in [0.15, 0.2) is 5.13 Å². The zero-order valence-corrected chi connectivity index (χ0v) is 14.3. The van der Waals surface area contributed by atoms with Crippen LogP contribution in [0.4, 0.5) is 5.13 Å². The van der Waals surface area contributed by atoms with E-state index in [1.165, 1.54) is 67.2 Å². The van der Waals surface area contributed by atoms with Gasteiger partial charge in [-0.2, -0.15) is 0 Å². The summed E-state index contributed by atoms with van der Waals surface area (Å²) in [6, 6.07) is 0.774. The van der Waals surface area contributed by atoms with Crippen LogP contribution in [-0.2, 0) is 13.0 Å². The Morgan fingerprint density at radius 1 is 1.24 bits per heavy atom. The molecule has 0 aromatic carbocycles. The van der Waals surface area contributed by atoms with E-state index in [1.807, 2.05) is 18.4 Å². The van der Waals surface area contributed by atoms with Crippen LogP contribution < -0.4 is 10.2 Å². The second-order valence-electron chi connectivity index (χ2n) is 6.59. The molecule has 2 fully saturated rings. The van der Waals surface area contributed by atoms with E-state index < -0.39 is 0 Å². The molecule has 0 amide bonds. The minimum Gasteiger partial charge on any atom is -0.345 e. The quantitative estimate of drug-likeness (QED) is 0.892. The first kappa shape index (κ1) is 15.3. The summed E-state index contributed by atoms with van der Waals surface area (Å²) in [5, 5.41) is 4.61. The van der Waals surface area contributed by atoms with E-state index in [1.54, 1.807) is 0 Å². The van der Waals surface area contributed by atoms with Gasteiger partial charge in [0.1, 0.15) is 0 Å². The summed E-state index contributed by atoms with van der Waals surface area (Å²) in [6.45, 7) is 4.44. The van der Waals surface area contributed by atoms with Crippen molar-refractivity contribution in [1.82, 2.24) is 10.3 Å². The summed E-state index contributed by atoms with van der Waals surface area (Å²) in [5.74, 6) is 0.929. The molecule has 118 valence electrons. The van der Waals surface area contributed by atoms with Gasteiger partial charge in [-0.3, -0.25) is 0 Å². The van der Waals surface area contributed by atoms with Crippen molar-refractivity contribution in [1.29, 1.82) is 0 Å². The van der Waals surface area contributed by atoms with Gasteiger partial charge in [0.05, 0.1) is 5.69 Å². The van der Waals surface area contributed by atoms with Gasteiger partial charge in [0.25, 0.3) is 0 Å². The maximum Gasteiger partial charge on any atom is 0.186 e. The van der Waals surface area contributed by atoms with Crippen LogP contribution in [0.15, 0.2) is 0 Å². The van der Waals surface area contributed by atoms with Gasteiger partial charge < -0.3 is 10.2 Å². The summed E-state index contributed by atoms with van der Waals surface area (Å²) in [7, 11) is 2.03. The lowest BCUT2D eigenvalue weighted by Crippen LogP contribution is -2.46. The molecule has 2 heterocycles. The van der Waals surface area contributed by atoms with Crippen molar-refractivity contribution in [3.05, 3.63) is 10.6 Å². The van der Waals surface area contributed by atoms with Crippen LogP contribution in [0.25, 0.3) is 0 Å². The molecule has 0 unspecified atom stereocenters. The second-order valence-corrected chi connectivity index (χ2v) is 7.66. The number of hydrogen-bond donors (Lipinski definition) is 1. The summed E-state index contributed by atoms with van der Waals surface area (Å²) in [4.78, 5) is 9.15. The molecule has 1 aromatic rings. The molecule has 1 aliphatic heterocycles. The zero-order chi connectivity index (χ0) is 14.7. The third kappa shape index (κ3) is 3.26. The molecule has 1 aromatic heterocycles. The van der Waals surface area contributed by atoms with E-state index in [2.05, 4.69) is 17.1 Å². The third-order valence-corrected chi connectivity index (χ3v) is 6.21. The van der Waals surface area contributed by atoms with Crippen LogP contribution >= 0.6 is 11.3 Å². The Hall–Kier alpha value is -0.610. The van der Waals surface area contributed by atoms with E-state index in [4.69, 9.17) is 4.98 Å². The van der Waals surface area contributed by atoms with Crippen LogP contribution in [0.5, 0.6) is 0 Å². The number of nitrogens with one attached hydrogen (secondary N) is 1. The maximum atomic E-state index is 5.04. The van der Waals surface area contributed by atoms with E-state index >= 15 is 0 Å². The molecule has 0 radical (unpaired) electrons. The molecule has 1 aliphatic carbocycles. The Kier molecular flexibility index (Phi) is 5.17. The predicted molar refractivity (Wildman–Crippen MR) is 91.2 cm³/mol. The number of nitrogens with zero attached hydrogens (tertiary/aromatic N) is 2. The highest BCUT2D eigenvalue weighted by atomic mass is 32.1. The lowest BCUT2D eigenvalue weighted by atomic mass is 9.78. The number of rotatable bonds is 5. The fourth-order valence-electron chi connectivity index (χ4n) is 4.09. The van der Waals surface area contributed by atoms with E-state index in [9.17, 15) is 0 Å². The highest BCUT2D eigenvalue weighted by molar-refractivity contribution is 7.15. The van der Waals surface area contributed by atoms with E-state index in [0.717, 1.165) is 24.9 Å². The fraction of sp³-hybridized carbons (Fsp3) is 0.824. The van der Waals surface area contributed by atoms with E-state index in [0.29, 0.717) is 0 Å². The van der Waals surface area contributed by atoms with Gasteiger partial charge in [-0.25, -0.2) is 4.98 Å². The van der Waals surface area contributed by atoms with Gasteiger partial charge in [-0.1, -0.05) is 26.2 Å². The lowest BCUT2D eigenvalue weighted by Gasteiger charge is -2.44. The van der Waals surface area contributed by atoms with Crippen molar-refractivity contribution in [2.45, 2.75) is 70.9 Å². The van der Waals surface area contributed by atoms with Crippen LogP contribution in [0.1, 0.15) is 62.4 Å². The second kappa shape index (κ2) is 7.10. The van der Waals surface area contributed by atoms with Crippen molar-refractivity contribution >= 4 is 16.5 Å². The molecular weight excluding hydrogens is 278 g/mol. The summed E-state index contributed by atoms with van der Waals surface area (Å²) in [5.41, 5.74) is 1.34. The minimum atomic E-state index is 0.774. The van der Waals surface area contributed by atoms with E-state index in [-0.39, 0.29) is 0 Å². The molecule has 2 aliphatic rings.